The first-order valence-corrected chi connectivity index (χ1v) is 14.5. The fraction of sp³-hybridized carbons (Fsp3) is 0.619. The molecule has 9 heteroatoms. The predicted octanol–water partition coefficient (Wildman–Crippen LogP) is 6.17. The molecule has 0 radical (unpaired) electrons. The molecular formula is C21H31BrF3NO2SSi. The highest BCUT2D eigenvalue weighted by Crippen LogP contribution is 2.41. The lowest BCUT2D eigenvalue weighted by molar-refractivity contribution is -0.0445. The van der Waals surface area contributed by atoms with E-state index in [-0.39, 0.29) is 12.8 Å². The first-order chi connectivity index (χ1) is 13.6. The van der Waals surface area contributed by atoms with Gasteiger partial charge in [-0.05, 0) is 47.2 Å². The maximum absolute atomic E-state index is 12.8. The van der Waals surface area contributed by atoms with E-state index in [1.807, 2.05) is 12.1 Å². The van der Waals surface area contributed by atoms with Gasteiger partial charge in [0.05, 0.1) is 0 Å². The second-order valence-electron chi connectivity index (χ2n) is 8.48. The van der Waals surface area contributed by atoms with Crippen molar-refractivity contribution in [1.82, 2.24) is 0 Å². The zero-order valence-corrected chi connectivity index (χ0v) is 21.7. The average Bonchev–Trinajstić information content (AvgIpc) is 2.59. The Labute approximate surface area is 188 Å². The van der Waals surface area contributed by atoms with Crippen molar-refractivity contribution in [3.8, 4) is 11.5 Å². The molecule has 1 aromatic carbocycles. The van der Waals surface area contributed by atoms with Crippen LogP contribution in [0.25, 0.3) is 0 Å². The molecule has 0 amide bonds. The van der Waals surface area contributed by atoms with Crippen molar-refractivity contribution in [1.29, 1.82) is 0 Å². The Kier molecular flexibility index (Phi) is 9.25. The molecule has 0 spiro atoms. The molecule has 0 saturated heterocycles. The van der Waals surface area contributed by atoms with E-state index in [0.717, 1.165) is 0 Å². The SMILES string of the molecule is CC(C)[Si](C#Cc1cccc(Br)c1CCC(N)S(=O)(=O)C(F)(F)F)(C(C)C)C(C)C. The van der Waals surface area contributed by atoms with Crippen LogP contribution >= 0.6 is 15.9 Å². The maximum atomic E-state index is 12.8. The summed E-state index contributed by atoms with van der Waals surface area (Å²) in [6.07, 6.45) is -0.276. The van der Waals surface area contributed by atoms with E-state index in [9.17, 15) is 21.6 Å². The predicted molar refractivity (Wildman–Crippen MR) is 123 cm³/mol. The Morgan fingerprint density at radius 2 is 1.57 bits per heavy atom. The third-order valence-electron chi connectivity index (χ3n) is 5.80. The van der Waals surface area contributed by atoms with Crippen molar-refractivity contribution in [3.05, 3.63) is 33.8 Å². The van der Waals surface area contributed by atoms with Crippen LogP contribution in [0.3, 0.4) is 0 Å². The Morgan fingerprint density at radius 3 is 2.00 bits per heavy atom. The largest absolute Gasteiger partial charge is 0.498 e. The van der Waals surface area contributed by atoms with E-state index in [1.165, 1.54) is 0 Å². The van der Waals surface area contributed by atoms with Crippen LogP contribution in [0.15, 0.2) is 22.7 Å². The Balaban J connectivity index is 3.34. The molecule has 0 saturated carbocycles. The van der Waals surface area contributed by atoms with Crippen molar-refractivity contribution in [2.24, 2.45) is 5.73 Å². The number of rotatable bonds is 7. The summed E-state index contributed by atoms with van der Waals surface area (Å²) in [5, 5.41) is -2.01. The summed E-state index contributed by atoms with van der Waals surface area (Å²) in [6.45, 7) is 13.2. The van der Waals surface area contributed by atoms with Gasteiger partial charge in [0.25, 0.3) is 9.84 Å². The molecule has 1 unspecified atom stereocenters. The minimum absolute atomic E-state index is 0.0709. The van der Waals surface area contributed by atoms with Crippen molar-refractivity contribution in [3.63, 3.8) is 0 Å². The number of hydrogen-bond donors (Lipinski definition) is 1. The third-order valence-corrected chi connectivity index (χ3v) is 14.5. The number of alkyl halides is 3. The summed E-state index contributed by atoms with van der Waals surface area (Å²) in [5.41, 5.74) is 6.31. The molecule has 0 aliphatic rings. The molecule has 30 heavy (non-hydrogen) atoms. The van der Waals surface area contributed by atoms with Crippen LogP contribution in [0, 0.1) is 11.5 Å². The van der Waals surface area contributed by atoms with Gasteiger partial charge in [0.2, 0.25) is 0 Å². The lowest BCUT2D eigenvalue weighted by atomic mass is 10.0. The number of nitrogens with two attached hydrogens (primary N) is 1. The van der Waals surface area contributed by atoms with Crippen molar-refractivity contribution >= 4 is 33.8 Å². The summed E-state index contributed by atoms with van der Waals surface area (Å²) in [7, 11) is -7.40. The van der Waals surface area contributed by atoms with E-state index >= 15 is 0 Å². The molecule has 1 atom stereocenters. The monoisotopic (exact) mass is 525 g/mol. The summed E-state index contributed by atoms with van der Waals surface area (Å²) >= 11 is 3.43. The van der Waals surface area contributed by atoms with Gasteiger partial charge in [-0.25, -0.2) is 8.42 Å². The first kappa shape index (κ1) is 27.2. The normalized spacial score (nSPS) is 14.2. The summed E-state index contributed by atoms with van der Waals surface area (Å²) < 4.78 is 62.0. The van der Waals surface area contributed by atoms with Crippen LogP contribution in [0.2, 0.25) is 16.6 Å². The lowest BCUT2D eigenvalue weighted by Gasteiger charge is -2.38. The number of sulfone groups is 1. The quantitative estimate of drug-likeness (QED) is 0.342. The molecule has 3 nitrogen and oxygen atoms in total. The highest BCUT2D eigenvalue weighted by Gasteiger charge is 2.49. The highest BCUT2D eigenvalue weighted by atomic mass is 79.9. The topological polar surface area (TPSA) is 60.2 Å². The molecular weight excluding hydrogens is 495 g/mol. The van der Waals surface area contributed by atoms with Gasteiger partial charge in [0, 0.05) is 10.0 Å². The van der Waals surface area contributed by atoms with Gasteiger partial charge >= 0.3 is 5.51 Å². The zero-order chi connectivity index (χ0) is 23.5. The Hall–Kier alpha value is -0.823. The smallest absolute Gasteiger partial charge is 0.315 e. The number of benzene rings is 1. The van der Waals surface area contributed by atoms with Gasteiger partial charge < -0.3 is 5.73 Å². The average molecular weight is 527 g/mol. The molecule has 0 aliphatic carbocycles. The van der Waals surface area contributed by atoms with E-state index in [2.05, 4.69) is 68.9 Å². The van der Waals surface area contributed by atoms with E-state index in [0.29, 0.717) is 32.2 Å². The fourth-order valence-electron chi connectivity index (χ4n) is 4.15. The fourth-order valence-corrected chi connectivity index (χ4v) is 10.7. The summed E-state index contributed by atoms with van der Waals surface area (Å²) in [6, 6.07) is 5.40. The Bertz CT molecular complexity index is 881. The van der Waals surface area contributed by atoms with Gasteiger partial charge in [-0.1, -0.05) is 69.5 Å². The lowest BCUT2D eigenvalue weighted by Crippen LogP contribution is -2.43. The van der Waals surface area contributed by atoms with E-state index in [4.69, 9.17) is 5.73 Å². The van der Waals surface area contributed by atoms with Gasteiger partial charge in [-0.3, -0.25) is 0 Å². The van der Waals surface area contributed by atoms with Crippen LogP contribution in [-0.4, -0.2) is 27.4 Å². The van der Waals surface area contributed by atoms with Crippen LogP contribution in [-0.2, 0) is 16.3 Å². The second-order valence-corrected chi connectivity index (χ2v) is 17.1. The van der Waals surface area contributed by atoms with Crippen molar-refractivity contribution < 1.29 is 21.6 Å². The van der Waals surface area contributed by atoms with Crippen molar-refractivity contribution in [2.45, 2.75) is 81.9 Å². The standard InChI is InChI=1S/C21H31BrF3NO2SSi/c1-14(2)30(15(3)4,16(5)6)13-12-17-8-7-9-19(22)18(17)10-11-20(26)29(27,28)21(23,24)25/h7-9,14-16,20H,10-11,26H2,1-6H3. The Morgan fingerprint density at radius 1 is 1.07 bits per heavy atom. The van der Waals surface area contributed by atoms with Crippen LogP contribution in [0.5, 0.6) is 0 Å². The van der Waals surface area contributed by atoms with Gasteiger partial charge in [0.1, 0.15) is 13.4 Å². The summed E-state index contributed by atoms with van der Waals surface area (Å²) in [5.74, 6) is 3.30. The van der Waals surface area contributed by atoms with Crippen molar-refractivity contribution in [2.75, 3.05) is 0 Å². The van der Waals surface area contributed by atoms with Gasteiger partial charge in [-0.2, -0.15) is 13.2 Å². The molecule has 0 aromatic heterocycles. The van der Waals surface area contributed by atoms with Gasteiger partial charge in [0.15, 0.2) is 0 Å². The minimum atomic E-state index is -5.41. The highest BCUT2D eigenvalue weighted by molar-refractivity contribution is 9.10. The molecule has 0 bridgehead atoms. The van der Waals surface area contributed by atoms with Crippen LogP contribution in [0.4, 0.5) is 13.2 Å². The summed E-state index contributed by atoms with van der Waals surface area (Å²) in [4.78, 5) is 0. The van der Waals surface area contributed by atoms with Crippen LogP contribution < -0.4 is 5.73 Å². The number of hydrogen-bond acceptors (Lipinski definition) is 3. The molecule has 1 rings (SSSR count). The molecule has 1 aromatic rings. The maximum Gasteiger partial charge on any atom is 0.498 e. The molecule has 2 N–H and O–H groups in total. The third kappa shape index (κ3) is 5.70. The molecule has 170 valence electrons. The van der Waals surface area contributed by atoms with Crippen LogP contribution in [0.1, 0.15) is 59.1 Å². The first-order valence-electron chi connectivity index (χ1n) is 9.95. The molecule has 0 heterocycles. The van der Waals surface area contributed by atoms with E-state index in [1.54, 1.807) is 6.07 Å². The van der Waals surface area contributed by atoms with E-state index < -0.39 is 28.8 Å². The second kappa shape index (κ2) is 10.2. The van der Waals surface area contributed by atoms with Gasteiger partial charge in [-0.15, -0.1) is 5.54 Å². The minimum Gasteiger partial charge on any atom is -0.315 e. The zero-order valence-electron chi connectivity index (χ0n) is 18.3. The molecule has 0 aliphatic heterocycles. The number of halogens is 4. The molecule has 0 fully saturated rings.